The molecule has 1 aromatic rings. The first-order valence-corrected chi connectivity index (χ1v) is 4.54. The second-order valence-electron chi connectivity index (χ2n) is 3.51. The highest BCUT2D eigenvalue weighted by Crippen LogP contribution is 2.26. The molecule has 3 heteroatoms. The Labute approximate surface area is 83.0 Å². The van der Waals surface area contributed by atoms with Crippen molar-refractivity contribution in [2.45, 2.75) is 19.8 Å². The number of aliphatic carboxylic acids is 1. The van der Waals surface area contributed by atoms with Crippen LogP contribution in [-0.2, 0) is 4.79 Å². The highest BCUT2D eigenvalue weighted by Gasteiger charge is 2.20. The number of hydrogen-bond acceptors (Lipinski definition) is 2. The standard InChI is InChI=1S/C11H14O3/c1-7(8(2)11(13)14)9-4-3-5-10(12)6-9/h3-8,12H,1-2H3,(H,13,14)/t7-,8?/m0/s1. The molecule has 0 saturated carbocycles. The molecule has 14 heavy (non-hydrogen) atoms. The molecule has 0 saturated heterocycles. The summed E-state index contributed by atoms with van der Waals surface area (Å²) in [5, 5.41) is 18.1. The summed E-state index contributed by atoms with van der Waals surface area (Å²) in [4.78, 5) is 10.7. The van der Waals surface area contributed by atoms with E-state index >= 15 is 0 Å². The van der Waals surface area contributed by atoms with Gasteiger partial charge in [0.2, 0.25) is 0 Å². The molecule has 1 aromatic carbocycles. The lowest BCUT2D eigenvalue weighted by Gasteiger charge is -2.16. The minimum atomic E-state index is -0.819. The van der Waals surface area contributed by atoms with Crippen LogP contribution >= 0.6 is 0 Å². The molecule has 0 fully saturated rings. The van der Waals surface area contributed by atoms with Crippen LogP contribution in [0.25, 0.3) is 0 Å². The van der Waals surface area contributed by atoms with Crippen molar-refractivity contribution >= 4 is 5.97 Å². The Morgan fingerprint density at radius 1 is 1.36 bits per heavy atom. The van der Waals surface area contributed by atoms with Crippen LogP contribution in [0.5, 0.6) is 5.75 Å². The van der Waals surface area contributed by atoms with E-state index in [0.29, 0.717) is 0 Å². The summed E-state index contributed by atoms with van der Waals surface area (Å²) < 4.78 is 0. The molecular weight excluding hydrogens is 180 g/mol. The number of carboxylic acid groups (broad SMARTS) is 1. The van der Waals surface area contributed by atoms with E-state index in [1.807, 2.05) is 13.0 Å². The van der Waals surface area contributed by atoms with Crippen molar-refractivity contribution in [2.75, 3.05) is 0 Å². The monoisotopic (exact) mass is 194 g/mol. The van der Waals surface area contributed by atoms with Gasteiger partial charge >= 0.3 is 5.97 Å². The van der Waals surface area contributed by atoms with Crippen LogP contribution in [0, 0.1) is 5.92 Å². The van der Waals surface area contributed by atoms with E-state index in [-0.39, 0.29) is 11.7 Å². The number of phenols is 1. The average Bonchev–Trinajstić information content (AvgIpc) is 2.15. The second-order valence-corrected chi connectivity index (χ2v) is 3.51. The zero-order chi connectivity index (χ0) is 10.7. The number of hydrogen-bond donors (Lipinski definition) is 2. The van der Waals surface area contributed by atoms with Gasteiger partial charge in [-0.3, -0.25) is 4.79 Å². The van der Waals surface area contributed by atoms with Gasteiger partial charge in [-0.1, -0.05) is 26.0 Å². The lowest BCUT2D eigenvalue weighted by molar-refractivity contribution is -0.141. The van der Waals surface area contributed by atoms with E-state index in [0.717, 1.165) is 5.56 Å². The maximum Gasteiger partial charge on any atom is 0.306 e. The van der Waals surface area contributed by atoms with Gasteiger partial charge in [-0.05, 0) is 23.6 Å². The Morgan fingerprint density at radius 2 is 2.00 bits per heavy atom. The van der Waals surface area contributed by atoms with Crippen molar-refractivity contribution in [3.05, 3.63) is 29.8 Å². The molecule has 0 aliphatic rings. The number of carboxylic acids is 1. The molecule has 0 radical (unpaired) electrons. The third kappa shape index (κ3) is 2.25. The molecule has 1 unspecified atom stereocenters. The van der Waals surface area contributed by atoms with Crippen LogP contribution < -0.4 is 0 Å². The summed E-state index contributed by atoms with van der Waals surface area (Å²) in [6, 6.07) is 6.71. The molecule has 76 valence electrons. The van der Waals surface area contributed by atoms with E-state index in [1.165, 1.54) is 0 Å². The molecule has 0 aliphatic heterocycles. The summed E-state index contributed by atoms with van der Waals surface area (Å²) in [5.74, 6) is -1.19. The van der Waals surface area contributed by atoms with Gasteiger partial charge in [-0.2, -0.15) is 0 Å². The van der Waals surface area contributed by atoms with Crippen LogP contribution in [-0.4, -0.2) is 16.2 Å². The molecular formula is C11H14O3. The summed E-state index contributed by atoms with van der Waals surface area (Å²) >= 11 is 0. The molecule has 0 amide bonds. The zero-order valence-corrected chi connectivity index (χ0v) is 8.27. The molecule has 0 heterocycles. The summed E-state index contributed by atoms with van der Waals surface area (Å²) in [6.07, 6.45) is 0. The van der Waals surface area contributed by atoms with E-state index < -0.39 is 11.9 Å². The number of carbonyl (C=O) groups is 1. The van der Waals surface area contributed by atoms with Crippen molar-refractivity contribution in [3.63, 3.8) is 0 Å². The molecule has 2 N–H and O–H groups in total. The molecule has 3 nitrogen and oxygen atoms in total. The third-order valence-corrected chi connectivity index (χ3v) is 2.54. The predicted octanol–water partition coefficient (Wildman–Crippen LogP) is 2.22. The van der Waals surface area contributed by atoms with Gasteiger partial charge in [0.05, 0.1) is 5.92 Å². The fourth-order valence-electron chi connectivity index (χ4n) is 1.31. The van der Waals surface area contributed by atoms with E-state index in [2.05, 4.69) is 0 Å². The first kappa shape index (κ1) is 10.6. The number of aromatic hydroxyl groups is 1. The highest BCUT2D eigenvalue weighted by molar-refractivity contribution is 5.70. The molecule has 0 bridgehead atoms. The van der Waals surface area contributed by atoms with Gasteiger partial charge in [0.15, 0.2) is 0 Å². The van der Waals surface area contributed by atoms with Crippen LogP contribution in [0.4, 0.5) is 0 Å². The Kier molecular flexibility index (Phi) is 3.12. The van der Waals surface area contributed by atoms with Crippen LogP contribution in [0.1, 0.15) is 25.3 Å². The molecule has 0 aliphatic carbocycles. The predicted molar refractivity (Wildman–Crippen MR) is 53.3 cm³/mol. The van der Waals surface area contributed by atoms with Gasteiger partial charge in [-0.25, -0.2) is 0 Å². The topological polar surface area (TPSA) is 57.5 Å². The van der Waals surface area contributed by atoms with Crippen LogP contribution in [0.3, 0.4) is 0 Å². The van der Waals surface area contributed by atoms with E-state index in [9.17, 15) is 9.90 Å². The fourth-order valence-corrected chi connectivity index (χ4v) is 1.31. The SMILES string of the molecule is CC(C(=O)O)[C@H](C)c1cccc(O)c1. The smallest absolute Gasteiger partial charge is 0.306 e. The van der Waals surface area contributed by atoms with Gasteiger partial charge in [-0.15, -0.1) is 0 Å². The first-order chi connectivity index (χ1) is 6.52. The van der Waals surface area contributed by atoms with Crippen molar-refractivity contribution in [1.82, 2.24) is 0 Å². The maximum atomic E-state index is 10.7. The Bertz CT molecular complexity index is 333. The minimum absolute atomic E-state index is 0.0976. The van der Waals surface area contributed by atoms with Gasteiger partial charge in [0.25, 0.3) is 0 Å². The van der Waals surface area contributed by atoms with Crippen molar-refractivity contribution < 1.29 is 15.0 Å². The molecule has 0 spiro atoms. The Balaban J connectivity index is 2.89. The van der Waals surface area contributed by atoms with Crippen molar-refractivity contribution in [3.8, 4) is 5.75 Å². The number of rotatable bonds is 3. The second kappa shape index (κ2) is 4.13. The Morgan fingerprint density at radius 3 is 2.50 bits per heavy atom. The third-order valence-electron chi connectivity index (χ3n) is 2.54. The molecule has 2 atom stereocenters. The Hall–Kier alpha value is -1.51. The van der Waals surface area contributed by atoms with E-state index in [1.54, 1.807) is 25.1 Å². The first-order valence-electron chi connectivity index (χ1n) is 4.54. The fraction of sp³-hybridized carbons (Fsp3) is 0.364. The summed E-state index contributed by atoms with van der Waals surface area (Å²) in [6.45, 7) is 3.50. The maximum absolute atomic E-state index is 10.7. The largest absolute Gasteiger partial charge is 0.508 e. The van der Waals surface area contributed by atoms with Crippen LogP contribution in [0.2, 0.25) is 0 Å². The average molecular weight is 194 g/mol. The quantitative estimate of drug-likeness (QED) is 0.775. The lowest BCUT2D eigenvalue weighted by Crippen LogP contribution is -2.16. The van der Waals surface area contributed by atoms with E-state index in [4.69, 9.17) is 5.11 Å². The molecule has 0 aromatic heterocycles. The highest BCUT2D eigenvalue weighted by atomic mass is 16.4. The van der Waals surface area contributed by atoms with Crippen molar-refractivity contribution in [1.29, 1.82) is 0 Å². The molecule has 1 rings (SSSR count). The van der Waals surface area contributed by atoms with Crippen LogP contribution in [0.15, 0.2) is 24.3 Å². The van der Waals surface area contributed by atoms with Gasteiger partial charge in [0.1, 0.15) is 5.75 Å². The van der Waals surface area contributed by atoms with Gasteiger partial charge in [0, 0.05) is 0 Å². The number of benzene rings is 1. The summed E-state index contributed by atoms with van der Waals surface area (Å²) in [7, 11) is 0. The lowest BCUT2D eigenvalue weighted by atomic mass is 9.89. The minimum Gasteiger partial charge on any atom is -0.508 e. The summed E-state index contributed by atoms with van der Waals surface area (Å²) in [5.41, 5.74) is 0.847. The normalized spacial score (nSPS) is 14.7. The number of phenolic OH excluding ortho intramolecular Hbond substituents is 1. The van der Waals surface area contributed by atoms with Crippen molar-refractivity contribution in [2.24, 2.45) is 5.92 Å². The zero-order valence-electron chi connectivity index (χ0n) is 8.27. The van der Waals surface area contributed by atoms with Gasteiger partial charge < -0.3 is 10.2 Å².